The van der Waals surface area contributed by atoms with Gasteiger partial charge in [-0.2, -0.15) is 10.1 Å². The van der Waals surface area contributed by atoms with Crippen molar-refractivity contribution in [1.29, 1.82) is 0 Å². The Labute approximate surface area is 735 Å². The van der Waals surface area contributed by atoms with E-state index in [0.717, 1.165) is 35.2 Å². The van der Waals surface area contributed by atoms with E-state index in [2.05, 4.69) is 47.2 Å². The fourth-order valence-corrected chi connectivity index (χ4v) is 18.0. The molecule has 9 N–H and O–H groups in total. The Morgan fingerprint density at radius 2 is 1.55 bits per heavy atom. The SMILES string of the molecule is CO[C@H]1C[C@@H]2CC[C@@H](C)[C@@](O)(O2)C(=O)C(=O)N2CCCC[C@H]2C(=O)O[C@H]([C@H](C)C[C@@H]2CC[C@@H](O)[C@H](OC)C2)C[C@@H](O)[C@H](C)/C=C(\C)[C@@H](O)[C@@H](OC)C(=NOCC(=O)N2CCc3nc(N4CCN(c5ncc(C(=O)NCCOCCC(=O)CCCCCn6nc(-c7ccc8oc(N)nc8c7)c7c(N)ncnc76)cn5)CC4)ncc3C2)[C@H](C)C[C@H](C)/C=C/C=C/C=C/1C. The van der Waals surface area contributed by atoms with E-state index in [0.29, 0.717) is 179 Å². The number of allylic oxidation sites excluding steroid dienone is 5. The summed E-state index contributed by atoms with van der Waals surface area (Å²) in [5.41, 5.74) is 18.8. The number of piperidine rings is 1. The Kier molecular flexibility index (Phi) is 33.6. The van der Waals surface area contributed by atoms with Gasteiger partial charge in [-0.15, -0.1) is 0 Å². The number of aromatic nitrogens is 9. The number of esters is 1. The number of nitrogens with two attached hydrogens (primary N) is 2. The Bertz CT molecular complexity index is 4870. The second kappa shape index (κ2) is 44.6. The van der Waals surface area contributed by atoms with Crippen molar-refractivity contribution in [3.8, 4) is 11.3 Å². The Morgan fingerprint density at radius 1 is 0.778 bits per heavy atom. The van der Waals surface area contributed by atoms with Crippen LogP contribution in [0.15, 0.2) is 100 Å². The van der Waals surface area contributed by atoms with Crippen LogP contribution in [0.1, 0.15) is 179 Å². The van der Waals surface area contributed by atoms with Crippen molar-refractivity contribution in [3.05, 3.63) is 108 Å². The number of rotatable bonds is 25. The number of methoxy groups -OCH3 is 3. The number of aliphatic hydroxyl groups excluding tert-OH is 3. The van der Waals surface area contributed by atoms with Crippen LogP contribution in [-0.2, 0) is 76.7 Å². The Hall–Kier alpha value is -10.1. The van der Waals surface area contributed by atoms with Gasteiger partial charge in [0.2, 0.25) is 17.7 Å². The topological polar surface area (TPSA) is 459 Å². The number of aliphatic hydroxyl groups is 4. The van der Waals surface area contributed by atoms with Gasteiger partial charge >= 0.3 is 5.97 Å². The molecule has 10 heterocycles. The molecule has 3 saturated heterocycles. The molecule has 16 atom stereocenters. The van der Waals surface area contributed by atoms with Crippen LogP contribution in [0.2, 0.25) is 0 Å². The Balaban J connectivity index is 0.622. The molecule has 126 heavy (non-hydrogen) atoms. The molecule has 2 bridgehead atoms. The first-order valence-electron chi connectivity index (χ1n) is 44.6. The van der Waals surface area contributed by atoms with Gasteiger partial charge in [0.1, 0.15) is 53.5 Å². The molecular weight excluding hydrogens is 1620 g/mol. The quantitative estimate of drug-likeness (QED) is 0.00930. The molecule has 35 nitrogen and oxygen atoms in total. The number of oxazole rings is 1. The third-order valence-electron chi connectivity index (χ3n) is 25.7. The van der Waals surface area contributed by atoms with E-state index >= 15 is 0 Å². The molecule has 5 aliphatic heterocycles. The van der Waals surface area contributed by atoms with E-state index in [9.17, 15) is 49.2 Å². The van der Waals surface area contributed by atoms with Gasteiger partial charge in [-0.1, -0.05) is 82.7 Å². The van der Waals surface area contributed by atoms with E-state index < -0.39 is 90.7 Å². The molecule has 3 amide bonds. The zero-order valence-corrected chi connectivity index (χ0v) is 74.3. The van der Waals surface area contributed by atoms with Gasteiger partial charge in [0, 0.05) is 160 Å². The monoisotopic (exact) mass is 1750 g/mol. The van der Waals surface area contributed by atoms with Crippen LogP contribution in [-0.4, -0.2) is 263 Å². The normalized spacial score (nSPS) is 28.7. The lowest BCUT2D eigenvalue weighted by molar-refractivity contribution is -0.265. The highest BCUT2D eigenvalue weighted by molar-refractivity contribution is 6.39. The molecule has 0 spiro atoms. The first kappa shape index (κ1) is 95.0. The molecule has 1 saturated carbocycles. The minimum Gasteiger partial charge on any atom is -0.460 e. The molecule has 35 heteroatoms. The van der Waals surface area contributed by atoms with Crippen molar-refractivity contribution < 1.29 is 86.9 Å². The summed E-state index contributed by atoms with van der Waals surface area (Å²) >= 11 is 0. The number of nitrogen functional groups attached to an aromatic ring is 2. The molecule has 1 aromatic carbocycles. The standard InChI is InChI=1S/C91H127N17O18/c1-54-19-13-11-14-20-55(2)73(119-8)46-66-26-23-60(7)91(118,126-66)82(114)86(116)107-32-18-16-22-69(107)87(117)124-74(57(4)43-61-24-27-70(110)75(44-61)120-9)47-71(111)56(3)42-59(6)80(113)81(121-10)78(58(5)41-54)103-123-52-76(112)106-34-29-67-64(51-106)50-97-90(101-67)105-37-35-104(36-38-105)89-95-48-63(49-96-89)85(115)94-31-40-122-39-30-65(109)21-15-12-17-33-108-84-77(83(92)98-53-99-84)79(102-108)62-25-28-72-68(45-62)100-88(93)125-72/h11,13-14,19-20,25,28,42,45,48-50,53-54,56-58,60-61,66,69-71,73-75,80-81,110-111,113,118H,12,15-18,21-24,26-27,29-41,43-44,46-47,51-52H2,1-10H3,(H2,93,100)(H,94,115)(H2,92,98,99)/b14-11+,19-13+,55-20+,59-42+,103-78?/t54-,56-,57-,58-,60-,61+,66+,69+,70-,71-,73+,74+,75-,80-,81+,91-/m1/s1. The predicted octanol–water partition coefficient (Wildman–Crippen LogP) is 8.35. The van der Waals surface area contributed by atoms with Crippen molar-refractivity contribution in [3.63, 3.8) is 0 Å². The van der Waals surface area contributed by atoms with E-state index in [-0.39, 0.29) is 112 Å². The summed E-state index contributed by atoms with van der Waals surface area (Å²) in [5, 5.41) is 60.6. The summed E-state index contributed by atoms with van der Waals surface area (Å²) in [6.07, 6.45) is 19.8. The van der Waals surface area contributed by atoms with Crippen LogP contribution in [0.5, 0.6) is 0 Å². The van der Waals surface area contributed by atoms with Crippen LogP contribution in [0, 0.1) is 35.5 Å². The van der Waals surface area contributed by atoms with Crippen molar-refractivity contribution in [2.24, 2.45) is 40.7 Å². The number of fused-ring (bicyclic) bond motifs is 6. The molecule has 5 aromatic heterocycles. The zero-order valence-electron chi connectivity index (χ0n) is 74.3. The molecule has 684 valence electrons. The molecule has 6 aliphatic rings. The molecule has 1 aliphatic carbocycles. The van der Waals surface area contributed by atoms with Gasteiger partial charge in [0.25, 0.3) is 29.5 Å². The summed E-state index contributed by atoms with van der Waals surface area (Å²) in [6, 6.07) is 4.39. The maximum Gasteiger partial charge on any atom is 0.329 e. The van der Waals surface area contributed by atoms with Crippen molar-refractivity contribution >= 4 is 86.8 Å². The highest BCUT2D eigenvalue weighted by Crippen LogP contribution is 2.40. The summed E-state index contributed by atoms with van der Waals surface area (Å²) in [7, 11) is 4.62. The summed E-state index contributed by atoms with van der Waals surface area (Å²) < 4.78 is 43.4. The minimum absolute atomic E-state index is 0.0368. The van der Waals surface area contributed by atoms with E-state index in [1.165, 1.54) is 30.7 Å². The number of ketones is 2. The molecular formula is C91H127N17O18. The number of oxime groups is 1. The van der Waals surface area contributed by atoms with Crippen molar-refractivity contribution in [1.82, 2.24) is 59.8 Å². The lowest BCUT2D eigenvalue weighted by Gasteiger charge is -2.43. The van der Waals surface area contributed by atoms with E-state index in [1.54, 1.807) is 58.2 Å². The number of nitrogens with one attached hydrogen (secondary N) is 1. The fourth-order valence-electron chi connectivity index (χ4n) is 18.0. The van der Waals surface area contributed by atoms with Crippen LogP contribution < -0.4 is 26.6 Å². The highest BCUT2D eigenvalue weighted by Gasteiger charge is 2.53. The molecule has 6 aromatic rings. The van der Waals surface area contributed by atoms with Crippen molar-refractivity contribution in [2.45, 2.75) is 238 Å². The maximum atomic E-state index is 14.8. The Morgan fingerprint density at radius 3 is 2.31 bits per heavy atom. The molecule has 0 radical (unpaired) electrons. The third-order valence-corrected chi connectivity index (χ3v) is 25.7. The number of hydrogen-bond acceptors (Lipinski definition) is 31. The number of nitrogens with zero attached hydrogens (tertiary/aromatic N) is 14. The van der Waals surface area contributed by atoms with Gasteiger partial charge < -0.3 is 94.5 Å². The van der Waals surface area contributed by atoms with Crippen molar-refractivity contribution in [2.75, 3.05) is 108 Å². The van der Waals surface area contributed by atoms with Crippen LogP contribution in [0.3, 0.4) is 0 Å². The minimum atomic E-state index is -2.47. The van der Waals surface area contributed by atoms with Crippen LogP contribution in [0.25, 0.3) is 33.4 Å². The van der Waals surface area contributed by atoms with E-state index in [1.807, 2.05) is 72.9 Å². The molecule has 12 rings (SSSR count). The lowest BCUT2D eigenvalue weighted by atomic mass is 9.78. The zero-order chi connectivity index (χ0) is 89.9. The summed E-state index contributed by atoms with van der Waals surface area (Å²) in [5.74, 6) is -6.65. The molecule has 4 fully saturated rings. The average molecular weight is 1750 g/mol. The highest BCUT2D eigenvalue weighted by atomic mass is 16.6. The second-order valence-corrected chi connectivity index (χ2v) is 34.9. The number of hydrogen-bond donors (Lipinski definition) is 7. The van der Waals surface area contributed by atoms with Gasteiger partial charge in [-0.05, 0) is 138 Å². The number of benzene rings is 1. The summed E-state index contributed by atoms with van der Waals surface area (Å²) in [4.78, 5) is 129. The lowest BCUT2D eigenvalue weighted by Crippen LogP contribution is -2.61. The van der Waals surface area contributed by atoms with Gasteiger partial charge in [0.05, 0.1) is 66.1 Å². The first-order chi connectivity index (χ1) is 60.6. The maximum absolute atomic E-state index is 14.8. The van der Waals surface area contributed by atoms with Gasteiger partial charge in [-0.3, -0.25) is 24.0 Å². The predicted molar refractivity (Wildman–Crippen MR) is 471 cm³/mol. The summed E-state index contributed by atoms with van der Waals surface area (Å²) in [6.45, 7) is 16.9. The second-order valence-electron chi connectivity index (χ2n) is 34.9. The number of amides is 3. The number of Topliss-reactive ketones (excluding diaryl/α,β-unsaturated/α-hetero) is 2. The fraction of sp³-hybridized carbons (Fsp3) is 0.615. The molecule has 0 unspecified atom stereocenters. The number of carbonyl (C=O) groups excluding carboxylic acids is 6. The van der Waals surface area contributed by atoms with E-state index in [4.69, 9.17) is 64.2 Å². The number of anilines is 4. The smallest absolute Gasteiger partial charge is 0.329 e. The number of aryl methyl sites for hydroxylation is 1. The number of cyclic esters (lactones) is 1. The number of unbranched alkanes of at least 4 members (excludes halogenated alkanes) is 2. The number of carbonyl (C=O) groups is 6. The number of piperazine rings is 1. The first-order valence-corrected chi connectivity index (χ1v) is 44.6. The van der Waals surface area contributed by atoms with Gasteiger partial charge in [0.15, 0.2) is 17.8 Å². The van der Waals surface area contributed by atoms with Gasteiger partial charge in [-0.25, -0.2) is 39.4 Å². The number of ether oxygens (including phenoxy) is 6. The van der Waals surface area contributed by atoms with Crippen LogP contribution >= 0.6 is 0 Å². The largest absolute Gasteiger partial charge is 0.460 e. The average Bonchev–Trinajstić information content (AvgIpc) is 0.983. The third kappa shape index (κ3) is 24.0. The van der Waals surface area contributed by atoms with Crippen LogP contribution in [0.4, 0.5) is 23.7 Å².